The zero-order chi connectivity index (χ0) is 12.1. The minimum atomic E-state index is 0. The number of hydrogen-bond acceptors (Lipinski definition) is 2. The number of benzene rings is 1. The highest BCUT2D eigenvalue weighted by Gasteiger charge is 2.12. The molecule has 1 fully saturated rings. The first kappa shape index (κ1) is 15.8. The van der Waals surface area contributed by atoms with Gasteiger partial charge in [-0.25, -0.2) is 0 Å². The lowest BCUT2D eigenvalue weighted by Crippen LogP contribution is -2.28. The Morgan fingerprint density at radius 2 is 2.06 bits per heavy atom. The van der Waals surface area contributed by atoms with Crippen molar-refractivity contribution in [2.75, 3.05) is 19.7 Å². The molecule has 0 aliphatic carbocycles. The Kier molecular flexibility index (Phi) is 7.05. The van der Waals surface area contributed by atoms with Gasteiger partial charge in [-0.3, -0.25) is 0 Å². The molecule has 0 radical (unpaired) electrons. The van der Waals surface area contributed by atoms with Crippen molar-refractivity contribution in [3.05, 3.63) is 28.2 Å². The molecule has 0 atom stereocenters. The quantitative estimate of drug-likeness (QED) is 0.900. The van der Waals surface area contributed by atoms with E-state index in [1.54, 1.807) is 0 Å². The zero-order valence-electron chi connectivity index (χ0n) is 10.7. The minimum absolute atomic E-state index is 0. The first-order valence-corrected chi connectivity index (χ1v) is 7.14. The highest BCUT2D eigenvalue weighted by molar-refractivity contribution is 9.10. The largest absolute Gasteiger partial charge is 0.494 e. The Morgan fingerprint density at radius 1 is 1.33 bits per heavy atom. The molecular weight excluding hydrogens is 314 g/mol. The van der Waals surface area contributed by atoms with Crippen LogP contribution in [0.5, 0.6) is 5.75 Å². The van der Waals surface area contributed by atoms with E-state index in [1.807, 2.05) is 6.07 Å². The average molecular weight is 335 g/mol. The van der Waals surface area contributed by atoms with Crippen LogP contribution in [0.4, 0.5) is 0 Å². The summed E-state index contributed by atoms with van der Waals surface area (Å²) in [6.07, 6.45) is 3.77. The summed E-state index contributed by atoms with van der Waals surface area (Å²) in [5.41, 5.74) is 1.23. The summed E-state index contributed by atoms with van der Waals surface area (Å²) < 4.78 is 6.95. The number of hydrogen-bond donors (Lipinski definition) is 1. The number of piperidine rings is 1. The highest BCUT2D eigenvalue weighted by Crippen LogP contribution is 2.22. The Balaban J connectivity index is 0.00000162. The molecule has 1 saturated heterocycles. The summed E-state index contributed by atoms with van der Waals surface area (Å²) in [6, 6.07) is 6.17. The number of rotatable bonds is 4. The van der Waals surface area contributed by atoms with Gasteiger partial charge in [-0.15, -0.1) is 12.4 Å². The normalized spacial score (nSPS) is 16.1. The van der Waals surface area contributed by atoms with Crippen molar-refractivity contribution in [3.8, 4) is 5.75 Å². The lowest BCUT2D eigenvalue weighted by molar-refractivity contribution is 0.251. The Labute approximate surface area is 124 Å². The number of nitrogens with one attached hydrogen (secondary N) is 1. The topological polar surface area (TPSA) is 21.3 Å². The van der Waals surface area contributed by atoms with E-state index in [0.29, 0.717) is 0 Å². The Bertz CT molecular complexity index is 367. The molecule has 0 amide bonds. The molecule has 2 rings (SSSR count). The molecule has 1 N–H and O–H groups in total. The SMILES string of the molecule is Cc1cc(OCCC2CCNCC2)ccc1Br.Cl. The molecule has 0 aromatic heterocycles. The van der Waals surface area contributed by atoms with E-state index in [-0.39, 0.29) is 12.4 Å². The van der Waals surface area contributed by atoms with Crippen LogP contribution in [0.1, 0.15) is 24.8 Å². The van der Waals surface area contributed by atoms with Gasteiger partial charge in [-0.2, -0.15) is 0 Å². The third kappa shape index (κ3) is 4.79. The van der Waals surface area contributed by atoms with Crippen LogP contribution in [0.25, 0.3) is 0 Å². The fourth-order valence-corrected chi connectivity index (χ4v) is 2.47. The molecule has 1 aromatic rings. The van der Waals surface area contributed by atoms with Crippen LogP contribution in [0.15, 0.2) is 22.7 Å². The lowest BCUT2D eigenvalue weighted by atomic mass is 9.95. The van der Waals surface area contributed by atoms with E-state index in [9.17, 15) is 0 Å². The molecule has 18 heavy (non-hydrogen) atoms. The molecule has 1 aliphatic rings. The van der Waals surface area contributed by atoms with E-state index in [4.69, 9.17) is 4.74 Å². The van der Waals surface area contributed by atoms with Gasteiger partial charge in [-0.05, 0) is 69.0 Å². The number of ether oxygens (including phenoxy) is 1. The van der Waals surface area contributed by atoms with Crippen LogP contribution in [-0.2, 0) is 0 Å². The van der Waals surface area contributed by atoms with Crippen LogP contribution in [0.2, 0.25) is 0 Å². The van der Waals surface area contributed by atoms with Gasteiger partial charge in [0.25, 0.3) is 0 Å². The molecule has 102 valence electrons. The first-order valence-electron chi connectivity index (χ1n) is 6.35. The van der Waals surface area contributed by atoms with Crippen LogP contribution in [0, 0.1) is 12.8 Å². The maximum absolute atomic E-state index is 5.80. The van der Waals surface area contributed by atoms with E-state index in [1.165, 1.54) is 37.9 Å². The lowest BCUT2D eigenvalue weighted by Gasteiger charge is -2.22. The van der Waals surface area contributed by atoms with Crippen molar-refractivity contribution in [2.24, 2.45) is 5.92 Å². The van der Waals surface area contributed by atoms with E-state index >= 15 is 0 Å². The third-order valence-corrected chi connectivity index (χ3v) is 4.27. The smallest absolute Gasteiger partial charge is 0.119 e. The summed E-state index contributed by atoms with van der Waals surface area (Å²) in [5, 5.41) is 3.39. The maximum atomic E-state index is 5.80. The second-order valence-corrected chi connectivity index (χ2v) is 5.60. The first-order chi connectivity index (χ1) is 8.25. The molecule has 4 heteroatoms. The predicted octanol–water partition coefficient (Wildman–Crippen LogP) is 3.95. The molecule has 1 aromatic carbocycles. The van der Waals surface area contributed by atoms with Crippen molar-refractivity contribution in [3.63, 3.8) is 0 Å². The monoisotopic (exact) mass is 333 g/mol. The van der Waals surface area contributed by atoms with Gasteiger partial charge in [0.1, 0.15) is 5.75 Å². The molecule has 1 aliphatic heterocycles. The fraction of sp³-hybridized carbons (Fsp3) is 0.571. The van der Waals surface area contributed by atoms with Gasteiger partial charge >= 0.3 is 0 Å². The van der Waals surface area contributed by atoms with Crippen LogP contribution in [-0.4, -0.2) is 19.7 Å². The molecule has 2 nitrogen and oxygen atoms in total. The summed E-state index contributed by atoms with van der Waals surface area (Å²) in [5.74, 6) is 1.83. The molecule has 0 saturated carbocycles. The summed E-state index contributed by atoms with van der Waals surface area (Å²) in [7, 11) is 0. The predicted molar refractivity (Wildman–Crippen MR) is 81.8 cm³/mol. The number of halogens is 2. The minimum Gasteiger partial charge on any atom is -0.494 e. The fourth-order valence-electron chi connectivity index (χ4n) is 2.22. The van der Waals surface area contributed by atoms with Gasteiger partial charge in [0, 0.05) is 4.47 Å². The molecule has 0 bridgehead atoms. The van der Waals surface area contributed by atoms with Gasteiger partial charge in [0.15, 0.2) is 0 Å². The Morgan fingerprint density at radius 3 is 2.72 bits per heavy atom. The second kappa shape index (κ2) is 8.03. The van der Waals surface area contributed by atoms with Crippen LogP contribution < -0.4 is 10.1 Å². The van der Waals surface area contributed by atoms with Crippen LogP contribution in [0.3, 0.4) is 0 Å². The number of aryl methyl sites for hydroxylation is 1. The molecule has 0 spiro atoms. The van der Waals surface area contributed by atoms with Gasteiger partial charge in [0.2, 0.25) is 0 Å². The zero-order valence-corrected chi connectivity index (χ0v) is 13.1. The Hall–Kier alpha value is -0.250. The van der Waals surface area contributed by atoms with Gasteiger partial charge < -0.3 is 10.1 Å². The molecular formula is C14H21BrClNO. The van der Waals surface area contributed by atoms with Gasteiger partial charge in [-0.1, -0.05) is 15.9 Å². The molecule has 0 unspecified atom stereocenters. The molecule has 1 heterocycles. The third-order valence-electron chi connectivity index (χ3n) is 3.38. The summed E-state index contributed by atoms with van der Waals surface area (Å²) >= 11 is 3.50. The van der Waals surface area contributed by atoms with Crippen molar-refractivity contribution in [1.82, 2.24) is 5.32 Å². The summed E-state index contributed by atoms with van der Waals surface area (Å²) in [4.78, 5) is 0. The second-order valence-electron chi connectivity index (χ2n) is 4.74. The maximum Gasteiger partial charge on any atom is 0.119 e. The highest BCUT2D eigenvalue weighted by atomic mass is 79.9. The van der Waals surface area contributed by atoms with Crippen molar-refractivity contribution >= 4 is 28.3 Å². The average Bonchev–Trinajstić information content (AvgIpc) is 2.35. The van der Waals surface area contributed by atoms with E-state index in [2.05, 4.69) is 40.3 Å². The van der Waals surface area contributed by atoms with Gasteiger partial charge in [0.05, 0.1) is 6.61 Å². The van der Waals surface area contributed by atoms with Crippen LogP contribution >= 0.6 is 28.3 Å². The van der Waals surface area contributed by atoms with Crippen molar-refractivity contribution in [1.29, 1.82) is 0 Å². The van der Waals surface area contributed by atoms with E-state index < -0.39 is 0 Å². The van der Waals surface area contributed by atoms with E-state index in [0.717, 1.165) is 22.7 Å². The van der Waals surface area contributed by atoms with Crippen molar-refractivity contribution < 1.29 is 4.74 Å². The standard InChI is InChI=1S/C14H20BrNO.ClH/c1-11-10-13(2-3-14(11)15)17-9-6-12-4-7-16-8-5-12;/h2-3,10,12,16H,4-9H2,1H3;1H. The van der Waals surface area contributed by atoms with Crippen molar-refractivity contribution in [2.45, 2.75) is 26.2 Å². The summed E-state index contributed by atoms with van der Waals surface area (Å²) in [6.45, 7) is 5.26.